The predicted molar refractivity (Wildman–Crippen MR) is 51.0 cm³/mol. The van der Waals surface area contributed by atoms with E-state index in [1.165, 1.54) is 6.92 Å². The lowest BCUT2D eigenvalue weighted by Gasteiger charge is -2.02. The summed E-state index contributed by atoms with van der Waals surface area (Å²) in [6.07, 6.45) is 3.32. The van der Waals surface area contributed by atoms with Gasteiger partial charge >= 0.3 is 0 Å². The standard InChI is InChI=1S/C9H11N3O2/c1-7(12-14)9(13)11-6-8-3-2-4-10-5-8/h2-5,14H,6H2,1H3,(H,11,13). The second kappa shape index (κ2) is 4.96. The molecule has 1 aromatic heterocycles. The van der Waals surface area contributed by atoms with E-state index in [1.54, 1.807) is 18.5 Å². The van der Waals surface area contributed by atoms with Crippen LogP contribution >= 0.6 is 0 Å². The Morgan fingerprint density at radius 3 is 3.07 bits per heavy atom. The van der Waals surface area contributed by atoms with Crippen molar-refractivity contribution in [3.63, 3.8) is 0 Å². The van der Waals surface area contributed by atoms with E-state index < -0.39 is 5.91 Å². The van der Waals surface area contributed by atoms with Crippen LogP contribution in [0.15, 0.2) is 29.7 Å². The summed E-state index contributed by atoms with van der Waals surface area (Å²) >= 11 is 0. The quantitative estimate of drug-likeness (QED) is 0.418. The number of hydrogen-bond donors (Lipinski definition) is 2. The molecular weight excluding hydrogens is 182 g/mol. The Morgan fingerprint density at radius 1 is 1.71 bits per heavy atom. The van der Waals surface area contributed by atoms with E-state index in [2.05, 4.69) is 15.5 Å². The Hall–Kier alpha value is -1.91. The lowest BCUT2D eigenvalue weighted by atomic mass is 10.3. The van der Waals surface area contributed by atoms with Crippen LogP contribution in [0.3, 0.4) is 0 Å². The van der Waals surface area contributed by atoms with Crippen LogP contribution in [0.1, 0.15) is 12.5 Å². The van der Waals surface area contributed by atoms with Gasteiger partial charge in [0.05, 0.1) is 0 Å². The molecule has 1 aromatic rings. The first kappa shape index (κ1) is 10.2. The third-order valence-electron chi connectivity index (χ3n) is 1.65. The van der Waals surface area contributed by atoms with Crippen molar-refractivity contribution >= 4 is 11.6 Å². The highest BCUT2D eigenvalue weighted by atomic mass is 16.4. The average molecular weight is 193 g/mol. The maximum Gasteiger partial charge on any atom is 0.269 e. The molecular formula is C9H11N3O2. The molecule has 0 saturated carbocycles. The molecule has 1 heterocycles. The van der Waals surface area contributed by atoms with Gasteiger partial charge in [-0.05, 0) is 18.6 Å². The fourth-order valence-corrected chi connectivity index (χ4v) is 0.858. The largest absolute Gasteiger partial charge is 0.410 e. The monoisotopic (exact) mass is 193 g/mol. The fourth-order valence-electron chi connectivity index (χ4n) is 0.858. The number of amides is 1. The third kappa shape index (κ3) is 2.85. The fraction of sp³-hybridized carbons (Fsp3) is 0.222. The second-order valence-corrected chi connectivity index (χ2v) is 2.73. The van der Waals surface area contributed by atoms with Gasteiger partial charge in [0.1, 0.15) is 5.71 Å². The molecule has 5 nitrogen and oxygen atoms in total. The van der Waals surface area contributed by atoms with Crippen LogP contribution in [-0.2, 0) is 11.3 Å². The zero-order chi connectivity index (χ0) is 10.4. The Balaban J connectivity index is 2.46. The summed E-state index contributed by atoms with van der Waals surface area (Å²) < 4.78 is 0. The number of carbonyl (C=O) groups excluding carboxylic acids is 1. The van der Waals surface area contributed by atoms with Crippen molar-refractivity contribution < 1.29 is 10.0 Å². The minimum absolute atomic E-state index is 0.0360. The molecule has 0 bridgehead atoms. The average Bonchev–Trinajstić information content (AvgIpc) is 2.26. The van der Waals surface area contributed by atoms with Crippen LogP contribution in [-0.4, -0.2) is 21.8 Å². The van der Waals surface area contributed by atoms with Gasteiger partial charge in [-0.15, -0.1) is 0 Å². The maximum atomic E-state index is 11.1. The number of oxime groups is 1. The van der Waals surface area contributed by atoms with Gasteiger partial charge in [0.25, 0.3) is 5.91 Å². The Morgan fingerprint density at radius 2 is 2.50 bits per heavy atom. The van der Waals surface area contributed by atoms with Crippen LogP contribution in [0.5, 0.6) is 0 Å². The molecule has 0 aliphatic rings. The molecule has 2 N–H and O–H groups in total. The molecule has 0 fully saturated rings. The first-order valence-electron chi connectivity index (χ1n) is 4.10. The Labute approximate surface area is 81.5 Å². The van der Waals surface area contributed by atoms with Crippen molar-refractivity contribution in [3.8, 4) is 0 Å². The van der Waals surface area contributed by atoms with Crippen molar-refractivity contribution in [2.75, 3.05) is 0 Å². The summed E-state index contributed by atoms with van der Waals surface area (Å²) in [6.45, 7) is 1.80. The van der Waals surface area contributed by atoms with Gasteiger partial charge in [-0.1, -0.05) is 11.2 Å². The van der Waals surface area contributed by atoms with E-state index in [0.29, 0.717) is 6.54 Å². The summed E-state index contributed by atoms with van der Waals surface area (Å²) in [5.41, 5.74) is 0.931. The van der Waals surface area contributed by atoms with E-state index in [4.69, 9.17) is 5.21 Å². The number of hydrogen-bond acceptors (Lipinski definition) is 4. The van der Waals surface area contributed by atoms with Crippen LogP contribution < -0.4 is 5.32 Å². The number of rotatable bonds is 3. The number of nitrogens with zero attached hydrogens (tertiary/aromatic N) is 2. The van der Waals surface area contributed by atoms with Crippen molar-refractivity contribution in [1.82, 2.24) is 10.3 Å². The molecule has 0 aliphatic carbocycles. The predicted octanol–water partition coefficient (Wildman–Crippen LogP) is 0.548. The number of pyridine rings is 1. The van der Waals surface area contributed by atoms with Gasteiger partial charge in [-0.3, -0.25) is 9.78 Å². The highest BCUT2D eigenvalue weighted by Gasteiger charge is 2.04. The molecule has 0 spiro atoms. The molecule has 0 saturated heterocycles. The molecule has 14 heavy (non-hydrogen) atoms. The molecule has 0 aliphatic heterocycles. The number of carbonyl (C=O) groups is 1. The number of nitrogens with one attached hydrogen (secondary N) is 1. The van der Waals surface area contributed by atoms with Crippen molar-refractivity contribution in [3.05, 3.63) is 30.1 Å². The minimum Gasteiger partial charge on any atom is -0.410 e. The Bertz CT molecular complexity index is 335. The van der Waals surface area contributed by atoms with Gasteiger partial charge in [0.2, 0.25) is 0 Å². The highest BCUT2D eigenvalue weighted by molar-refractivity contribution is 6.37. The molecule has 0 atom stereocenters. The summed E-state index contributed by atoms with van der Waals surface area (Å²) in [5.74, 6) is -0.392. The SMILES string of the molecule is CC(=NO)C(=O)NCc1cccnc1. The van der Waals surface area contributed by atoms with Gasteiger partial charge in [0.15, 0.2) is 0 Å². The summed E-state index contributed by atoms with van der Waals surface area (Å²) in [6, 6.07) is 3.63. The van der Waals surface area contributed by atoms with Gasteiger partial charge in [-0.2, -0.15) is 0 Å². The van der Waals surface area contributed by atoms with E-state index in [9.17, 15) is 4.79 Å². The van der Waals surface area contributed by atoms with Crippen molar-refractivity contribution in [2.24, 2.45) is 5.16 Å². The van der Waals surface area contributed by atoms with E-state index >= 15 is 0 Å². The van der Waals surface area contributed by atoms with Gasteiger partial charge in [0, 0.05) is 18.9 Å². The van der Waals surface area contributed by atoms with Crippen LogP contribution in [0.25, 0.3) is 0 Å². The summed E-state index contributed by atoms with van der Waals surface area (Å²) in [7, 11) is 0. The van der Waals surface area contributed by atoms with Crippen LogP contribution in [0.4, 0.5) is 0 Å². The first-order valence-corrected chi connectivity index (χ1v) is 4.10. The lowest BCUT2D eigenvalue weighted by molar-refractivity contribution is -0.115. The van der Waals surface area contributed by atoms with Gasteiger partial charge in [-0.25, -0.2) is 0 Å². The molecule has 0 aromatic carbocycles. The zero-order valence-electron chi connectivity index (χ0n) is 7.77. The maximum absolute atomic E-state index is 11.1. The summed E-state index contributed by atoms with van der Waals surface area (Å²) in [4.78, 5) is 15.0. The topological polar surface area (TPSA) is 74.6 Å². The molecule has 1 rings (SSSR count). The number of aromatic nitrogens is 1. The normalized spacial score (nSPS) is 11.1. The van der Waals surface area contributed by atoms with Crippen LogP contribution in [0.2, 0.25) is 0 Å². The first-order chi connectivity index (χ1) is 6.74. The van der Waals surface area contributed by atoms with Crippen molar-refractivity contribution in [2.45, 2.75) is 13.5 Å². The minimum atomic E-state index is -0.392. The van der Waals surface area contributed by atoms with Gasteiger partial charge < -0.3 is 10.5 Å². The second-order valence-electron chi connectivity index (χ2n) is 2.73. The summed E-state index contributed by atoms with van der Waals surface area (Å²) in [5, 5.41) is 13.7. The van der Waals surface area contributed by atoms with Crippen LogP contribution in [0, 0.1) is 0 Å². The van der Waals surface area contributed by atoms with Crippen molar-refractivity contribution in [1.29, 1.82) is 0 Å². The smallest absolute Gasteiger partial charge is 0.269 e. The molecule has 0 unspecified atom stereocenters. The van der Waals surface area contributed by atoms with E-state index in [-0.39, 0.29) is 5.71 Å². The van der Waals surface area contributed by atoms with E-state index in [1.807, 2.05) is 6.07 Å². The molecule has 5 heteroatoms. The Kier molecular flexibility index (Phi) is 3.60. The molecule has 0 radical (unpaired) electrons. The van der Waals surface area contributed by atoms with E-state index in [0.717, 1.165) is 5.56 Å². The molecule has 1 amide bonds. The molecule has 74 valence electrons. The highest BCUT2D eigenvalue weighted by Crippen LogP contribution is 1.94. The zero-order valence-corrected chi connectivity index (χ0v) is 7.77. The third-order valence-corrected chi connectivity index (χ3v) is 1.65. The lowest BCUT2D eigenvalue weighted by Crippen LogP contribution is -2.28.